The topological polar surface area (TPSA) is 37.3 Å². The molecule has 0 unspecified atom stereocenters. The van der Waals surface area contributed by atoms with Gasteiger partial charge < -0.3 is 9.90 Å². The molecule has 0 spiro atoms. The van der Waals surface area contributed by atoms with Crippen molar-refractivity contribution < 1.29 is 9.90 Å². The minimum absolute atomic E-state index is 0. The van der Waals surface area contributed by atoms with Gasteiger partial charge in [0.2, 0.25) is 0 Å². The molecule has 0 amide bonds. The van der Waals surface area contributed by atoms with Gasteiger partial charge in [-0.2, -0.15) is 0 Å². The quantitative estimate of drug-likeness (QED) is 0.360. The van der Waals surface area contributed by atoms with Crippen molar-refractivity contribution >= 4 is 35.8 Å². The molecule has 0 saturated carbocycles. The van der Waals surface area contributed by atoms with Gasteiger partial charge in [0.25, 0.3) is 0 Å². The van der Waals surface area contributed by atoms with Gasteiger partial charge in [-0.15, -0.1) is 0 Å². The van der Waals surface area contributed by atoms with Crippen LogP contribution in [0.1, 0.15) is 13.8 Å². The van der Waals surface area contributed by atoms with Gasteiger partial charge in [-0.05, 0) is 13.8 Å². The number of carbonyl (C=O) groups excluding carboxylic acids is 1. The molecule has 0 atom stereocenters. The zero-order valence-corrected chi connectivity index (χ0v) is 3.93. The van der Waals surface area contributed by atoms with E-state index < -0.39 is 5.60 Å². The van der Waals surface area contributed by atoms with Gasteiger partial charge in [0.1, 0.15) is 5.60 Å². The third kappa shape index (κ3) is 10.8. The average molecular weight is 112 g/mol. The number of rotatable bonds is 1. The van der Waals surface area contributed by atoms with Gasteiger partial charge in [-0.25, -0.2) is 0 Å². The van der Waals surface area contributed by atoms with Crippen LogP contribution in [0.2, 0.25) is 0 Å². The first-order valence-electron chi connectivity index (χ1n) is 1.75. The van der Waals surface area contributed by atoms with Crippen molar-refractivity contribution in [3.8, 4) is 0 Å². The van der Waals surface area contributed by atoms with Gasteiger partial charge in [0, 0.05) is 0 Å². The van der Waals surface area contributed by atoms with E-state index in [4.69, 9.17) is 5.11 Å². The van der Waals surface area contributed by atoms with E-state index in [1.54, 1.807) is 0 Å². The SMILES string of the molecule is CC(C)(O)C=O.[NaH]. The van der Waals surface area contributed by atoms with Crippen molar-refractivity contribution in [2.75, 3.05) is 0 Å². The Kier molecular flexibility index (Phi) is 5.46. The summed E-state index contributed by atoms with van der Waals surface area (Å²) in [6.45, 7) is 2.86. The molecule has 0 bridgehead atoms. The van der Waals surface area contributed by atoms with Crippen LogP contribution < -0.4 is 0 Å². The summed E-state index contributed by atoms with van der Waals surface area (Å²) in [6.07, 6.45) is 0.493. The van der Waals surface area contributed by atoms with E-state index in [1.807, 2.05) is 0 Å². The van der Waals surface area contributed by atoms with Crippen LogP contribution in [0.15, 0.2) is 0 Å². The van der Waals surface area contributed by atoms with Crippen molar-refractivity contribution in [3.05, 3.63) is 0 Å². The molecule has 0 aromatic rings. The maximum absolute atomic E-state index is 9.58. The molecule has 0 aliphatic heterocycles. The van der Waals surface area contributed by atoms with Crippen LogP contribution in [0, 0.1) is 0 Å². The second-order valence-corrected chi connectivity index (χ2v) is 1.77. The average Bonchev–Trinajstić information content (AvgIpc) is 1.35. The molecule has 0 radical (unpaired) electrons. The summed E-state index contributed by atoms with van der Waals surface area (Å²) in [5, 5.41) is 8.46. The Hall–Kier alpha value is 0.630. The van der Waals surface area contributed by atoms with Crippen molar-refractivity contribution in [2.24, 2.45) is 0 Å². The second kappa shape index (κ2) is 3.61. The molecule has 0 fully saturated rings. The van der Waals surface area contributed by atoms with Crippen molar-refractivity contribution in [2.45, 2.75) is 19.4 Å². The summed E-state index contributed by atoms with van der Waals surface area (Å²) in [5.74, 6) is 0. The van der Waals surface area contributed by atoms with Crippen LogP contribution in [0.25, 0.3) is 0 Å². The van der Waals surface area contributed by atoms with Crippen molar-refractivity contribution in [3.63, 3.8) is 0 Å². The first-order chi connectivity index (χ1) is 2.56. The first kappa shape index (κ1) is 10.6. The Labute approximate surface area is 65.2 Å². The van der Waals surface area contributed by atoms with E-state index >= 15 is 0 Å². The Balaban J connectivity index is 0. The molecule has 0 aromatic heterocycles. The molecule has 0 saturated heterocycles. The standard InChI is InChI=1S/C4H8O2.Na.H/c1-4(2,6)3-5;;/h3,6H,1-2H3;;. The third-order valence-electron chi connectivity index (χ3n) is 0.288. The summed E-state index contributed by atoms with van der Waals surface area (Å²) >= 11 is 0. The van der Waals surface area contributed by atoms with E-state index in [2.05, 4.69) is 0 Å². The third-order valence-corrected chi connectivity index (χ3v) is 0.288. The van der Waals surface area contributed by atoms with E-state index in [0.717, 1.165) is 0 Å². The Bertz CT molecular complexity index is 55.2. The Morgan fingerprint density at radius 3 is 1.71 bits per heavy atom. The number of hydrogen-bond donors (Lipinski definition) is 1. The Morgan fingerprint density at radius 1 is 1.57 bits per heavy atom. The van der Waals surface area contributed by atoms with Crippen LogP contribution in [0.4, 0.5) is 0 Å². The molecule has 0 rings (SSSR count). The summed E-state index contributed by atoms with van der Waals surface area (Å²) < 4.78 is 0. The molecule has 2 nitrogen and oxygen atoms in total. The maximum atomic E-state index is 9.58. The number of aldehydes is 1. The van der Waals surface area contributed by atoms with Gasteiger partial charge in [0.15, 0.2) is 6.29 Å². The molecule has 0 aromatic carbocycles. The van der Waals surface area contributed by atoms with Gasteiger partial charge in [0.05, 0.1) is 0 Å². The van der Waals surface area contributed by atoms with Crippen LogP contribution in [-0.4, -0.2) is 46.6 Å². The van der Waals surface area contributed by atoms with E-state index in [-0.39, 0.29) is 29.6 Å². The van der Waals surface area contributed by atoms with E-state index in [0.29, 0.717) is 6.29 Å². The fourth-order valence-electron chi connectivity index (χ4n) is 0. The molecule has 0 aliphatic carbocycles. The van der Waals surface area contributed by atoms with Crippen LogP contribution in [0.3, 0.4) is 0 Å². The van der Waals surface area contributed by atoms with Crippen molar-refractivity contribution in [1.29, 1.82) is 0 Å². The monoisotopic (exact) mass is 112 g/mol. The molecule has 0 aliphatic rings. The van der Waals surface area contributed by atoms with Crippen LogP contribution >= 0.6 is 0 Å². The minimum atomic E-state index is -1.14. The predicted octanol–water partition coefficient (Wildman–Crippen LogP) is -0.692. The van der Waals surface area contributed by atoms with E-state index in [1.165, 1.54) is 13.8 Å². The van der Waals surface area contributed by atoms with E-state index in [9.17, 15) is 4.79 Å². The second-order valence-electron chi connectivity index (χ2n) is 1.77. The van der Waals surface area contributed by atoms with Crippen molar-refractivity contribution in [1.82, 2.24) is 0 Å². The van der Waals surface area contributed by atoms with Gasteiger partial charge in [-0.3, -0.25) is 0 Å². The molecule has 1 N–H and O–H groups in total. The zero-order valence-electron chi connectivity index (χ0n) is 3.93. The molecular weight excluding hydrogens is 103 g/mol. The molecule has 38 valence electrons. The summed E-state index contributed by atoms with van der Waals surface area (Å²) in [7, 11) is 0. The Morgan fingerprint density at radius 2 is 1.71 bits per heavy atom. The van der Waals surface area contributed by atoms with Crippen LogP contribution in [-0.2, 0) is 4.79 Å². The molecule has 0 heterocycles. The normalized spacial score (nSPS) is 9.57. The summed E-state index contributed by atoms with van der Waals surface area (Å²) in [4.78, 5) is 9.58. The van der Waals surface area contributed by atoms with Crippen LogP contribution in [0.5, 0.6) is 0 Å². The predicted molar refractivity (Wildman–Crippen MR) is 29.5 cm³/mol. The van der Waals surface area contributed by atoms with Gasteiger partial charge in [-0.1, -0.05) is 0 Å². The molecule has 7 heavy (non-hydrogen) atoms. The molecular formula is C4H9NaO2. The number of aliphatic hydroxyl groups is 1. The fourth-order valence-corrected chi connectivity index (χ4v) is 0. The summed E-state index contributed by atoms with van der Waals surface area (Å²) in [5.41, 5.74) is -1.14. The van der Waals surface area contributed by atoms with Gasteiger partial charge >= 0.3 is 29.6 Å². The fraction of sp³-hybridized carbons (Fsp3) is 0.750. The summed E-state index contributed by atoms with van der Waals surface area (Å²) in [6, 6.07) is 0. The number of carbonyl (C=O) groups is 1. The zero-order chi connectivity index (χ0) is 5.21. The molecule has 3 heteroatoms. The first-order valence-corrected chi connectivity index (χ1v) is 1.75. The number of hydrogen-bond acceptors (Lipinski definition) is 2.